The standard InChI is InChI=1S/C31H37N2O10PS/c1-19(2)40-22-15-20(25(34)33-28-32-13-14-45-28)16-23(17-22)41-21-9-11-24(12-10-21)44(37)43-29(42-27(36)31(6,7)8)39-18-38-26(35)30(3,4)5/h9-17,19,29H,18H2,1-8H3/p+1. The van der Waals surface area contributed by atoms with Gasteiger partial charge in [0.05, 0.1) is 16.9 Å². The summed E-state index contributed by atoms with van der Waals surface area (Å²) in [5.74, 6) is -0.467. The summed E-state index contributed by atoms with van der Waals surface area (Å²) >= 11 is 1.29. The number of nitrogens with zero attached hydrogens (tertiary/aromatic N) is 1. The summed E-state index contributed by atoms with van der Waals surface area (Å²) in [7, 11) is -2.58. The van der Waals surface area contributed by atoms with Crippen LogP contribution in [0.3, 0.4) is 0 Å². The highest BCUT2D eigenvalue weighted by Crippen LogP contribution is 2.31. The van der Waals surface area contributed by atoms with E-state index in [1.165, 1.54) is 23.5 Å². The van der Waals surface area contributed by atoms with Crippen LogP contribution in [0, 0.1) is 10.8 Å². The number of benzene rings is 2. The normalized spacial score (nSPS) is 12.7. The average Bonchev–Trinajstić information content (AvgIpc) is 3.44. The smallest absolute Gasteiger partial charge is 0.491 e. The molecule has 45 heavy (non-hydrogen) atoms. The molecule has 0 radical (unpaired) electrons. The lowest BCUT2D eigenvalue weighted by molar-refractivity contribution is -0.267. The Morgan fingerprint density at radius 1 is 0.911 bits per heavy atom. The van der Waals surface area contributed by atoms with Crippen molar-refractivity contribution in [3.63, 3.8) is 0 Å². The van der Waals surface area contributed by atoms with Crippen molar-refractivity contribution in [3.05, 3.63) is 59.6 Å². The van der Waals surface area contributed by atoms with Crippen LogP contribution in [0.1, 0.15) is 65.7 Å². The molecule has 14 heteroatoms. The molecular formula is C31H38N2O10PS+. The van der Waals surface area contributed by atoms with Gasteiger partial charge in [-0.25, -0.2) is 4.98 Å². The van der Waals surface area contributed by atoms with E-state index in [1.807, 2.05) is 13.8 Å². The van der Waals surface area contributed by atoms with E-state index in [4.69, 9.17) is 28.2 Å². The molecule has 1 amide bonds. The Bertz CT molecular complexity index is 1480. The molecule has 1 aromatic heterocycles. The maximum atomic E-state index is 13.1. The second-order valence-electron chi connectivity index (χ2n) is 12.0. The number of nitrogens with one attached hydrogen (secondary N) is 1. The number of hydrogen-bond acceptors (Lipinski definition) is 12. The lowest BCUT2D eigenvalue weighted by Crippen LogP contribution is -2.32. The lowest BCUT2D eigenvalue weighted by atomic mass is 9.98. The second kappa shape index (κ2) is 15.4. The van der Waals surface area contributed by atoms with Crippen molar-refractivity contribution in [3.8, 4) is 17.2 Å². The van der Waals surface area contributed by atoms with Gasteiger partial charge in [-0.1, -0.05) is 4.52 Å². The van der Waals surface area contributed by atoms with Gasteiger partial charge >= 0.3 is 26.4 Å². The van der Waals surface area contributed by atoms with Crippen LogP contribution < -0.4 is 20.1 Å². The summed E-state index contributed by atoms with van der Waals surface area (Å²) in [4.78, 5) is 41.5. The molecule has 0 saturated heterocycles. The molecule has 0 aliphatic heterocycles. The Kier molecular flexibility index (Phi) is 12.2. The van der Waals surface area contributed by atoms with Gasteiger partial charge in [-0.3, -0.25) is 24.4 Å². The zero-order valence-electron chi connectivity index (χ0n) is 26.4. The van der Waals surface area contributed by atoms with Crippen LogP contribution in [0.15, 0.2) is 54.0 Å². The largest absolute Gasteiger partial charge is 0.555 e. The number of hydrogen-bond donors (Lipinski definition) is 1. The van der Waals surface area contributed by atoms with Gasteiger partial charge in [-0.15, -0.1) is 11.3 Å². The minimum absolute atomic E-state index is 0.147. The molecule has 0 aliphatic rings. The van der Waals surface area contributed by atoms with E-state index in [-0.39, 0.29) is 17.3 Å². The molecule has 242 valence electrons. The Morgan fingerprint density at radius 3 is 2.13 bits per heavy atom. The monoisotopic (exact) mass is 661 g/mol. The predicted molar refractivity (Wildman–Crippen MR) is 168 cm³/mol. The zero-order valence-corrected chi connectivity index (χ0v) is 28.2. The van der Waals surface area contributed by atoms with Gasteiger partial charge in [0.25, 0.3) is 5.91 Å². The molecule has 2 atom stereocenters. The van der Waals surface area contributed by atoms with Gasteiger partial charge in [-0.05, 0) is 96.4 Å². The maximum Gasteiger partial charge on any atom is 0.555 e. The number of rotatable bonds is 13. The van der Waals surface area contributed by atoms with Gasteiger partial charge < -0.3 is 18.9 Å². The highest BCUT2D eigenvalue weighted by Gasteiger charge is 2.35. The van der Waals surface area contributed by atoms with Crippen molar-refractivity contribution in [2.45, 2.75) is 68.0 Å². The number of carbonyl (C=O) groups excluding carboxylic acids is 3. The van der Waals surface area contributed by atoms with E-state index < -0.39 is 44.1 Å². The van der Waals surface area contributed by atoms with Crippen LogP contribution in [0.5, 0.6) is 17.2 Å². The molecule has 12 nitrogen and oxygen atoms in total. The number of amides is 1. The van der Waals surface area contributed by atoms with Crippen molar-refractivity contribution in [1.82, 2.24) is 4.98 Å². The summed E-state index contributed by atoms with van der Waals surface area (Å²) in [5.41, 5.74) is -1.39. The fraction of sp³-hybridized carbons (Fsp3) is 0.419. The molecule has 0 aliphatic carbocycles. The third-order valence-electron chi connectivity index (χ3n) is 5.45. The molecule has 0 bridgehead atoms. The fourth-order valence-electron chi connectivity index (χ4n) is 3.18. The first kappa shape index (κ1) is 35.6. The van der Waals surface area contributed by atoms with E-state index in [9.17, 15) is 18.9 Å². The van der Waals surface area contributed by atoms with Gasteiger partial charge in [0.1, 0.15) is 17.2 Å². The minimum Gasteiger partial charge on any atom is -0.491 e. The van der Waals surface area contributed by atoms with E-state index in [1.54, 1.807) is 83.5 Å². The first-order chi connectivity index (χ1) is 21.0. The summed E-state index contributed by atoms with van der Waals surface area (Å²) in [6.07, 6.45) is 1.44. The highest BCUT2D eigenvalue weighted by atomic mass is 32.1. The Labute approximate surface area is 267 Å². The summed E-state index contributed by atoms with van der Waals surface area (Å²) < 4.78 is 45.9. The second-order valence-corrected chi connectivity index (χ2v) is 14.2. The predicted octanol–water partition coefficient (Wildman–Crippen LogP) is 6.80. The SMILES string of the molecule is CC(C)Oc1cc(Oc2ccc([P+](=O)OC(OCOC(=O)C(C)(C)C)OC(=O)C(C)(C)C)cc2)cc(C(=O)Nc2nccs2)c1. The van der Waals surface area contributed by atoms with Crippen LogP contribution in [-0.2, 0) is 32.9 Å². The van der Waals surface area contributed by atoms with Gasteiger partial charge in [-0.2, -0.15) is 0 Å². The van der Waals surface area contributed by atoms with E-state index in [0.29, 0.717) is 27.9 Å². The molecule has 0 saturated carbocycles. The lowest BCUT2D eigenvalue weighted by Gasteiger charge is -2.21. The summed E-state index contributed by atoms with van der Waals surface area (Å²) in [6.45, 7) is 11.3. The van der Waals surface area contributed by atoms with Crippen molar-refractivity contribution >= 4 is 47.6 Å². The topological polar surface area (TPSA) is 149 Å². The number of anilines is 1. The Hall–Kier alpha value is -3.90. The highest BCUT2D eigenvalue weighted by molar-refractivity contribution is 7.48. The van der Waals surface area contributed by atoms with Crippen molar-refractivity contribution < 1.29 is 47.2 Å². The molecule has 1 N–H and O–H groups in total. The van der Waals surface area contributed by atoms with Crippen LogP contribution >= 0.6 is 19.4 Å². The van der Waals surface area contributed by atoms with Crippen LogP contribution in [0.4, 0.5) is 5.13 Å². The first-order valence-corrected chi connectivity index (χ1v) is 16.0. The third kappa shape index (κ3) is 11.5. The quantitative estimate of drug-likeness (QED) is 0.117. The first-order valence-electron chi connectivity index (χ1n) is 14.0. The third-order valence-corrected chi connectivity index (χ3v) is 7.23. The zero-order chi connectivity index (χ0) is 33.4. The minimum atomic E-state index is -2.58. The van der Waals surface area contributed by atoms with Crippen molar-refractivity contribution in [2.24, 2.45) is 10.8 Å². The van der Waals surface area contributed by atoms with Crippen LogP contribution in [0.2, 0.25) is 0 Å². The van der Waals surface area contributed by atoms with Gasteiger partial charge in [0.2, 0.25) is 5.30 Å². The average molecular weight is 662 g/mol. The number of esters is 2. The van der Waals surface area contributed by atoms with Crippen LogP contribution in [-0.4, -0.2) is 42.2 Å². The number of aromatic nitrogens is 1. The molecule has 2 aromatic carbocycles. The summed E-state index contributed by atoms with van der Waals surface area (Å²) in [6, 6.07) is 10.9. The molecule has 0 fully saturated rings. The molecule has 2 unspecified atom stereocenters. The van der Waals surface area contributed by atoms with Crippen molar-refractivity contribution in [1.29, 1.82) is 0 Å². The van der Waals surface area contributed by atoms with Gasteiger partial charge in [0.15, 0.2) is 11.9 Å². The number of thiazole rings is 1. The Balaban J connectivity index is 1.72. The summed E-state index contributed by atoms with van der Waals surface area (Å²) in [5, 5.41) is 5.18. The molecule has 1 heterocycles. The molecule has 3 rings (SSSR count). The van der Waals surface area contributed by atoms with E-state index >= 15 is 0 Å². The fourth-order valence-corrected chi connectivity index (χ4v) is 4.48. The number of carbonyl (C=O) groups is 3. The molecule has 0 spiro atoms. The molecule has 3 aromatic rings. The van der Waals surface area contributed by atoms with Crippen molar-refractivity contribution in [2.75, 3.05) is 12.1 Å². The van der Waals surface area contributed by atoms with E-state index in [0.717, 1.165) is 0 Å². The van der Waals surface area contributed by atoms with Gasteiger partial charge in [0, 0.05) is 23.2 Å². The molecular weight excluding hydrogens is 623 g/mol. The maximum absolute atomic E-state index is 13.1. The number of ether oxygens (including phenoxy) is 5. The Morgan fingerprint density at radius 2 is 1.56 bits per heavy atom. The van der Waals surface area contributed by atoms with E-state index in [2.05, 4.69) is 10.3 Å². The van der Waals surface area contributed by atoms with Crippen LogP contribution in [0.25, 0.3) is 0 Å².